The number of primary amides is 1. The largest absolute Gasteiger partial charge is 0.351 e. The number of aromatic nitrogens is 3. The van der Waals surface area contributed by atoms with Crippen molar-refractivity contribution in [3.63, 3.8) is 0 Å². The Kier molecular flexibility index (Phi) is 4.48. The van der Waals surface area contributed by atoms with Crippen molar-refractivity contribution in [2.45, 2.75) is 13.3 Å². The van der Waals surface area contributed by atoms with Gasteiger partial charge < -0.3 is 11.1 Å². The van der Waals surface area contributed by atoms with Gasteiger partial charge in [-0.1, -0.05) is 35.0 Å². The van der Waals surface area contributed by atoms with Crippen molar-refractivity contribution < 1.29 is 9.59 Å². The molecule has 1 aliphatic heterocycles. The third-order valence-corrected chi connectivity index (χ3v) is 5.01. The second kappa shape index (κ2) is 6.97. The number of nitrogens with zero attached hydrogens (tertiary/aromatic N) is 4. The van der Waals surface area contributed by atoms with Crippen molar-refractivity contribution in [2.24, 2.45) is 5.73 Å². The van der Waals surface area contributed by atoms with Crippen LogP contribution in [0, 0.1) is 6.92 Å². The molecule has 0 spiro atoms. The predicted octanol–water partition coefficient (Wildman–Crippen LogP) is 2.92. The van der Waals surface area contributed by atoms with Crippen LogP contribution in [0.4, 0.5) is 16.2 Å². The van der Waals surface area contributed by atoms with Crippen molar-refractivity contribution >= 4 is 34.9 Å². The Morgan fingerprint density at radius 2 is 1.96 bits per heavy atom. The molecule has 2 aromatic carbocycles. The molecule has 28 heavy (non-hydrogen) atoms. The van der Waals surface area contributed by atoms with Gasteiger partial charge in [0, 0.05) is 12.2 Å². The van der Waals surface area contributed by atoms with E-state index in [1.165, 1.54) is 9.58 Å². The lowest BCUT2D eigenvalue weighted by atomic mass is 10.1. The fourth-order valence-electron chi connectivity index (χ4n) is 3.27. The molecule has 142 valence electrons. The zero-order valence-corrected chi connectivity index (χ0v) is 15.8. The number of anilines is 2. The topological polar surface area (TPSA) is 106 Å². The molecule has 1 aromatic heterocycles. The third-order valence-electron chi connectivity index (χ3n) is 4.70. The number of nitrogens with one attached hydrogen (secondary N) is 1. The van der Waals surface area contributed by atoms with Crippen molar-refractivity contribution in [1.29, 1.82) is 0 Å². The van der Waals surface area contributed by atoms with Gasteiger partial charge in [0.2, 0.25) is 0 Å². The lowest BCUT2D eigenvalue weighted by molar-refractivity contribution is 0.102. The molecule has 0 saturated carbocycles. The Morgan fingerprint density at radius 1 is 1.18 bits per heavy atom. The van der Waals surface area contributed by atoms with Gasteiger partial charge in [-0.05, 0) is 43.2 Å². The van der Waals surface area contributed by atoms with E-state index in [0.717, 1.165) is 12.0 Å². The van der Waals surface area contributed by atoms with Crippen molar-refractivity contribution in [3.8, 4) is 5.69 Å². The third kappa shape index (κ3) is 3.07. The normalized spacial score (nSPS) is 12.7. The highest BCUT2D eigenvalue weighted by Crippen LogP contribution is 2.31. The van der Waals surface area contributed by atoms with Crippen molar-refractivity contribution in [3.05, 3.63) is 64.4 Å². The van der Waals surface area contributed by atoms with Crippen LogP contribution < -0.4 is 16.0 Å². The molecule has 3 aromatic rings. The summed E-state index contributed by atoms with van der Waals surface area (Å²) in [6.07, 6.45) is 0.734. The molecule has 1 aliphatic rings. The SMILES string of the molecule is Cc1c(C(=O)Nc2ccc3c(c2)N(C(N)=O)CC3)nnn1-c1ccccc1Cl. The Morgan fingerprint density at radius 3 is 2.71 bits per heavy atom. The van der Waals surface area contributed by atoms with E-state index in [-0.39, 0.29) is 5.69 Å². The number of para-hydroxylation sites is 1. The number of nitrogens with two attached hydrogens (primary N) is 1. The minimum Gasteiger partial charge on any atom is -0.351 e. The molecule has 9 heteroatoms. The Hall–Kier alpha value is -3.39. The zero-order chi connectivity index (χ0) is 19.8. The average Bonchev–Trinajstić information content (AvgIpc) is 3.25. The van der Waals surface area contributed by atoms with Gasteiger partial charge in [-0.15, -0.1) is 5.10 Å². The molecule has 0 aliphatic carbocycles. The van der Waals surface area contributed by atoms with Gasteiger partial charge in [0.1, 0.15) is 0 Å². The predicted molar refractivity (Wildman–Crippen MR) is 106 cm³/mol. The first kappa shape index (κ1) is 18.0. The van der Waals surface area contributed by atoms with Crippen LogP contribution >= 0.6 is 11.6 Å². The highest BCUT2D eigenvalue weighted by molar-refractivity contribution is 6.32. The van der Waals surface area contributed by atoms with E-state index in [1.807, 2.05) is 18.2 Å². The number of amides is 3. The number of urea groups is 1. The quantitative estimate of drug-likeness (QED) is 0.709. The molecule has 0 fully saturated rings. The standard InChI is InChI=1S/C19H17ClN6O2/c1-11-17(23-24-26(11)15-5-3-2-4-14(15)20)18(27)22-13-7-6-12-8-9-25(19(21)28)16(12)10-13/h2-7,10H,8-9H2,1H3,(H2,21,28)(H,22,27). The van der Waals surface area contributed by atoms with Crippen LogP contribution in [0.15, 0.2) is 42.5 Å². The second-order valence-corrected chi connectivity index (χ2v) is 6.83. The Bertz CT molecular complexity index is 1090. The first-order valence-electron chi connectivity index (χ1n) is 8.64. The number of halogens is 1. The molecule has 0 radical (unpaired) electrons. The number of benzene rings is 2. The van der Waals surface area contributed by atoms with E-state index in [4.69, 9.17) is 17.3 Å². The summed E-state index contributed by atoms with van der Waals surface area (Å²) in [7, 11) is 0. The van der Waals surface area contributed by atoms with E-state index in [0.29, 0.717) is 34.3 Å². The fourth-order valence-corrected chi connectivity index (χ4v) is 3.48. The number of fused-ring (bicyclic) bond motifs is 1. The van der Waals surface area contributed by atoms with Gasteiger partial charge in [-0.3, -0.25) is 9.69 Å². The number of hydrogen-bond donors (Lipinski definition) is 2. The van der Waals surface area contributed by atoms with Gasteiger partial charge in [0.05, 0.1) is 22.1 Å². The molecule has 2 heterocycles. The van der Waals surface area contributed by atoms with Gasteiger partial charge >= 0.3 is 6.03 Å². The van der Waals surface area contributed by atoms with Crippen LogP contribution in [-0.2, 0) is 6.42 Å². The van der Waals surface area contributed by atoms with Crippen LogP contribution in [0.5, 0.6) is 0 Å². The van der Waals surface area contributed by atoms with Crippen LogP contribution in [0.1, 0.15) is 21.7 Å². The maximum Gasteiger partial charge on any atom is 0.319 e. The maximum atomic E-state index is 12.7. The zero-order valence-electron chi connectivity index (χ0n) is 15.0. The minimum atomic E-state index is -0.513. The summed E-state index contributed by atoms with van der Waals surface area (Å²) in [4.78, 5) is 25.8. The highest BCUT2D eigenvalue weighted by atomic mass is 35.5. The number of carbonyl (C=O) groups is 2. The molecule has 0 unspecified atom stereocenters. The van der Waals surface area contributed by atoms with Gasteiger partial charge in [-0.25, -0.2) is 9.48 Å². The second-order valence-electron chi connectivity index (χ2n) is 6.42. The Balaban J connectivity index is 1.60. The van der Waals surface area contributed by atoms with Crippen LogP contribution in [0.2, 0.25) is 5.02 Å². The van der Waals surface area contributed by atoms with Crippen molar-refractivity contribution in [1.82, 2.24) is 15.0 Å². The van der Waals surface area contributed by atoms with Gasteiger partial charge in [0.15, 0.2) is 5.69 Å². The van der Waals surface area contributed by atoms with Crippen LogP contribution in [0.25, 0.3) is 5.69 Å². The molecular weight excluding hydrogens is 380 g/mol. The number of hydrogen-bond acceptors (Lipinski definition) is 4. The summed E-state index contributed by atoms with van der Waals surface area (Å²) in [6, 6.07) is 12.1. The van der Waals surface area contributed by atoms with E-state index >= 15 is 0 Å². The molecule has 8 nitrogen and oxygen atoms in total. The molecule has 0 bridgehead atoms. The minimum absolute atomic E-state index is 0.187. The monoisotopic (exact) mass is 396 g/mol. The summed E-state index contributed by atoms with van der Waals surface area (Å²) in [5.41, 5.74) is 9.07. The highest BCUT2D eigenvalue weighted by Gasteiger charge is 2.24. The van der Waals surface area contributed by atoms with E-state index in [9.17, 15) is 9.59 Å². The number of carbonyl (C=O) groups excluding carboxylic acids is 2. The maximum absolute atomic E-state index is 12.7. The lowest BCUT2D eigenvalue weighted by Crippen LogP contribution is -2.34. The number of rotatable bonds is 3. The van der Waals surface area contributed by atoms with Crippen LogP contribution in [-0.4, -0.2) is 33.5 Å². The smallest absolute Gasteiger partial charge is 0.319 e. The molecule has 4 rings (SSSR count). The van der Waals surface area contributed by atoms with E-state index in [1.54, 1.807) is 31.2 Å². The van der Waals surface area contributed by atoms with Gasteiger partial charge in [0.25, 0.3) is 5.91 Å². The summed E-state index contributed by atoms with van der Waals surface area (Å²) >= 11 is 6.21. The fraction of sp³-hybridized carbons (Fsp3) is 0.158. The van der Waals surface area contributed by atoms with E-state index < -0.39 is 11.9 Å². The summed E-state index contributed by atoms with van der Waals surface area (Å²) in [5, 5.41) is 11.4. The average molecular weight is 397 g/mol. The molecule has 0 atom stereocenters. The first-order chi connectivity index (χ1) is 13.5. The Labute approximate surface area is 165 Å². The summed E-state index contributed by atoms with van der Waals surface area (Å²) in [5.74, 6) is -0.403. The molecule has 3 amide bonds. The first-order valence-corrected chi connectivity index (χ1v) is 9.02. The molecule has 0 saturated heterocycles. The van der Waals surface area contributed by atoms with Gasteiger partial charge in [-0.2, -0.15) is 0 Å². The molecular formula is C19H17ClN6O2. The summed E-state index contributed by atoms with van der Waals surface area (Å²) < 4.78 is 1.52. The lowest BCUT2D eigenvalue weighted by Gasteiger charge is -2.15. The van der Waals surface area contributed by atoms with E-state index in [2.05, 4.69) is 15.6 Å². The van der Waals surface area contributed by atoms with Crippen molar-refractivity contribution in [2.75, 3.05) is 16.8 Å². The van der Waals surface area contributed by atoms with Crippen LogP contribution in [0.3, 0.4) is 0 Å². The molecule has 3 N–H and O–H groups in total. The summed E-state index contributed by atoms with van der Waals surface area (Å²) in [6.45, 7) is 2.28.